The van der Waals surface area contributed by atoms with Crippen molar-refractivity contribution >= 4 is 29.0 Å². The second-order valence-corrected chi connectivity index (χ2v) is 7.16. The third-order valence-electron chi connectivity index (χ3n) is 5.09. The van der Waals surface area contributed by atoms with Crippen molar-refractivity contribution in [3.63, 3.8) is 0 Å². The lowest BCUT2D eigenvalue weighted by molar-refractivity contribution is -0.386. The quantitative estimate of drug-likeness (QED) is 0.192. The number of pyridine rings is 1. The van der Waals surface area contributed by atoms with Gasteiger partial charge >= 0.3 is 5.69 Å². The van der Waals surface area contributed by atoms with Crippen LogP contribution in [0.15, 0.2) is 53.5 Å². The molecule has 1 aliphatic rings. The summed E-state index contributed by atoms with van der Waals surface area (Å²) in [6, 6.07) is 14.6. The zero-order valence-corrected chi connectivity index (χ0v) is 17.5. The molecule has 0 aliphatic carbocycles. The summed E-state index contributed by atoms with van der Waals surface area (Å²) in [7, 11) is 0. The number of benzene rings is 2. The molecule has 3 aromatic rings. The van der Waals surface area contributed by atoms with Gasteiger partial charge in [-0.05, 0) is 17.2 Å². The lowest BCUT2D eigenvalue weighted by atomic mass is 9.94. The molecule has 0 saturated carbocycles. The van der Waals surface area contributed by atoms with Gasteiger partial charge in [-0.3, -0.25) is 15.4 Å². The van der Waals surface area contributed by atoms with Crippen molar-refractivity contribution in [3.8, 4) is 18.0 Å². The molecule has 1 atom stereocenters. The number of hydrogen-bond donors (Lipinski definition) is 4. The Balaban J connectivity index is 1.79. The fraction of sp³-hybridized carbons (Fsp3) is 0.0909. The number of aliphatic imine (C=N–C) groups is 1. The summed E-state index contributed by atoms with van der Waals surface area (Å²) >= 11 is 0. The zero-order chi connectivity index (χ0) is 24.2. The van der Waals surface area contributed by atoms with Crippen LogP contribution in [-0.2, 0) is 6.61 Å². The van der Waals surface area contributed by atoms with Crippen LogP contribution < -0.4 is 26.8 Å². The maximum atomic E-state index is 11.8. The second-order valence-electron chi connectivity index (χ2n) is 7.16. The number of ether oxygens (including phenoxy) is 1. The molecule has 1 unspecified atom stereocenters. The highest BCUT2D eigenvalue weighted by molar-refractivity contribution is 5.98. The molecule has 4 rings (SSSR count). The lowest BCUT2D eigenvalue weighted by Crippen LogP contribution is -2.32. The number of guanidine groups is 1. The van der Waals surface area contributed by atoms with Crippen molar-refractivity contribution in [2.75, 3.05) is 16.8 Å². The first kappa shape index (κ1) is 21.9. The second kappa shape index (κ2) is 9.02. The molecule has 0 radical (unpaired) electrons. The zero-order valence-electron chi connectivity index (χ0n) is 17.5. The highest BCUT2D eigenvalue weighted by Crippen LogP contribution is 2.42. The van der Waals surface area contributed by atoms with Crippen molar-refractivity contribution in [3.05, 3.63) is 80.9 Å². The van der Waals surface area contributed by atoms with Crippen LogP contribution in [0.4, 0.5) is 23.0 Å². The van der Waals surface area contributed by atoms with Crippen LogP contribution in [0.25, 0.3) is 0 Å². The van der Waals surface area contributed by atoms with E-state index in [1.807, 2.05) is 36.4 Å². The lowest BCUT2D eigenvalue weighted by Gasteiger charge is -2.26. The monoisotopic (exact) mass is 455 g/mol. The van der Waals surface area contributed by atoms with Crippen molar-refractivity contribution in [1.29, 1.82) is 10.5 Å². The third kappa shape index (κ3) is 4.06. The summed E-state index contributed by atoms with van der Waals surface area (Å²) in [5, 5.41) is 35.4. The van der Waals surface area contributed by atoms with E-state index in [0.29, 0.717) is 11.1 Å². The number of aromatic nitrogens is 1. The summed E-state index contributed by atoms with van der Waals surface area (Å²) in [6.45, 7) is 0.146. The Kier molecular flexibility index (Phi) is 5.80. The number of nitriles is 2. The number of nitrogens with two attached hydrogens (primary N) is 2. The standard InChI is InChI=1S/C22H17N9O3/c23-9-14-18(25)17-19(28-22(27-11-24)30-21(17)29-20(14)26)13-6-7-16(15(8-13)31(32)33)34-10-12-4-2-1-3-5-12/h1-8,19H,10H2,(H6,25,26,27,28,29,30). The van der Waals surface area contributed by atoms with Crippen LogP contribution in [-0.4, -0.2) is 15.9 Å². The van der Waals surface area contributed by atoms with E-state index in [1.54, 1.807) is 12.3 Å². The number of nitrogens with zero attached hydrogens (tertiary/aromatic N) is 5. The van der Waals surface area contributed by atoms with Crippen molar-refractivity contribution in [2.24, 2.45) is 4.99 Å². The van der Waals surface area contributed by atoms with E-state index in [0.717, 1.165) is 5.56 Å². The fourth-order valence-corrected chi connectivity index (χ4v) is 3.53. The average molecular weight is 455 g/mol. The highest BCUT2D eigenvalue weighted by Gasteiger charge is 2.31. The normalized spacial score (nSPS) is 13.9. The molecule has 168 valence electrons. The van der Waals surface area contributed by atoms with E-state index in [1.165, 1.54) is 12.1 Å². The molecule has 0 amide bonds. The minimum Gasteiger partial charge on any atom is -0.482 e. The summed E-state index contributed by atoms with van der Waals surface area (Å²) in [5.41, 5.74) is 13.3. The van der Waals surface area contributed by atoms with Crippen LogP contribution in [0.5, 0.6) is 5.75 Å². The van der Waals surface area contributed by atoms with Crippen LogP contribution in [0.1, 0.15) is 28.3 Å². The number of nitrogens with one attached hydrogen (secondary N) is 2. The van der Waals surface area contributed by atoms with Gasteiger partial charge in [-0.2, -0.15) is 10.5 Å². The van der Waals surface area contributed by atoms with Crippen molar-refractivity contribution < 1.29 is 9.66 Å². The fourth-order valence-electron chi connectivity index (χ4n) is 3.53. The van der Waals surface area contributed by atoms with Crippen molar-refractivity contribution in [1.82, 2.24) is 10.3 Å². The number of nitro benzene ring substituents is 1. The Morgan fingerprint density at radius 3 is 2.65 bits per heavy atom. The molecule has 0 bridgehead atoms. The Hall–Kier alpha value is -5.36. The van der Waals surface area contributed by atoms with Gasteiger partial charge in [0.25, 0.3) is 0 Å². The molecule has 1 aliphatic heterocycles. The predicted molar refractivity (Wildman–Crippen MR) is 123 cm³/mol. The van der Waals surface area contributed by atoms with E-state index in [9.17, 15) is 15.4 Å². The number of hydrogen-bond acceptors (Lipinski definition) is 11. The first-order valence-electron chi connectivity index (χ1n) is 9.86. The maximum Gasteiger partial charge on any atom is 0.311 e. The van der Waals surface area contributed by atoms with Gasteiger partial charge in [0.2, 0.25) is 5.96 Å². The third-order valence-corrected chi connectivity index (χ3v) is 5.09. The number of nitrogen functional groups attached to an aromatic ring is 2. The van der Waals surface area contributed by atoms with Gasteiger partial charge in [0.05, 0.1) is 10.6 Å². The molecule has 0 spiro atoms. The van der Waals surface area contributed by atoms with E-state index in [2.05, 4.69) is 20.6 Å². The van der Waals surface area contributed by atoms with Crippen LogP contribution >= 0.6 is 0 Å². The Bertz CT molecular complexity index is 1390. The number of fused-ring (bicyclic) bond motifs is 1. The predicted octanol–water partition coefficient (Wildman–Crippen LogP) is 2.55. The van der Waals surface area contributed by atoms with Gasteiger partial charge in [0, 0.05) is 11.6 Å². The molecule has 34 heavy (non-hydrogen) atoms. The van der Waals surface area contributed by atoms with E-state index in [4.69, 9.17) is 21.5 Å². The topological polar surface area (TPSA) is 201 Å². The van der Waals surface area contributed by atoms with Gasteiger partial charge in [-0.15, -0.1) is 0 Å². The molecule has 1 aromatic heterocycles. The van der Waals surface area contributed by atoms with E-state index < -0.39 is 11.0 Å². The highest BCUT2D eigenvalue weighted by atomic mass is 16.6. The number of nitro groups is 1. The summed E-state index contributed by atoms with van der Waals surface area (Å²) < 4.78 is 5.69. The molecular weight excluding hydrogens is 438 g/mol. The molecular formula is C22H17N9O3. The number of rotatable bonds is 5. The Labute approximate surface area is 193 Å². The minimum absolute atomic E-state index is 0.0326. The molecule has 2 heterocycles. The summed E-state index contributed by atoms with van der Waals surface area (Å²) in [4.78, 5) is 19.8. The summed E-state index contributed by atoms with van der Waals surface area (Å²) in [6.07, 6.45) is 1.75. The van der Waals surface area contributed by atoms with E-state index >= 15 is 0 Å². The SMILES string of the molecule is N#CNC1=NC(c2ccc(OCc3ccccc3)c([N+](=O)[O-])c2)c2c(nc(N)c(C#N)c2N)N1. The van der Waals surface area contributed by atoms with Crippen LogP contribution in [0.2, 0.25) is 0 Å². The number of anilines is 3. The summed E-state index contributed by atoms with van der Waals surface area (Å²) in [5.74, 6) is 0.202. The Morgan fingerprint density at radius 2 is 1.97 bits per heavy atom. The van der Waals surface area contributed by atoms with Gasteiger partial charge in [-0.1, -0.05) is 36.4 Å². The van der Waals surface area contributed by atoms with E-state index in [-0.39, 0.29) is 46.9 Å². The van der Waals surface area contributed by atoms with Crippen molar-refractivity contribution in [2.45, 2.75) is 12.6 Å². The van der Waals surface area contributed by atoms with Gasteiger partial charge in [0.1, 0.15) is 35.9 Å². The molecule has 12 nitrogen and oxygen atoms in total. The first-order valence-corrected chi connectivity index (χ1v) is 9.86. The van der Waals surface area contributed by atoms with Gasteiger partial charge in [0.15, 0.2) is 11.9 Å². The van der Waals surface area contributed by atoms with Gasteiger partial charge in [-0.25, -0.2) is 9.98 Å². The smallest absolute Gasteiger partial charge is 0.311 e. The van der Waals surface area contributed by atoms with Crippen LogP contribution in [0, 0.1) is 32.9 Å². The molecule has 6 N–H and O–H groups in total. The minimum atomic E-state index is -0.908. The van der Waals surface area contributed by atoms with Crippen LogP contribution in [0.3, 0.4) is 0 Å². The maximum absolute atomic E-state index is 11.8. The molecule has 0 fully saturated rings. The first-order chi connectivity index (χ1) is 16.4. The van der Waals surface area contributed by atoms with Gasteiger partial charge < -0.3 is 21.5 Å². The largest absolute Gasteiger partial charge is 0.482 e. The molecule has 2 aromatic carbocycles. The molecule has 12 heteroatoms. The average Bonchev–Trinajstić information content (AvgIpc) is 2.83. The Morgan fingerprint density at radius 1 is 1.21 bits per heavy atom. The molecule has 0 saturated heterocycles.